The Bertz CT molecular complexity index is 512. The second-order valence-corrected chi connectivity index (χ2v) is 5.66. The van der Waals surface area contributed by atoms with E-state index in [1.54, 1.807) is 4.90 Å². The van der Waals surface area contributed by atoms with Crippen molar-refractivity contribution < 1.29 is 19.4 Å². The minimum Gasteiger partial charge on any atom is -0.494 e. The number of likely N-dealkylation sites (tertiary alicyclic amines) is 1. The van der Waals surface area contributed by atoms with E-state index in [0.29, 0.717) is 39.0 Å². The predicted molar refractivity (Wildman–Crippen MR) is 82.9 cm³/mol. The van der Waals surface area contributed by atoms with Gasteiger partial charge in [-0.05, 0) is 37.0 Å². The minimum atomic E-state index is -0.807. The molecule has 0 saturated carbocycles. The van der Waals surface area contributed by atoms with E-state index in [9.17, 15) is 9.59 Å². The number of aliphatic carboxylic acids is 1. The van der Waals surface area contributed by atoms with Gasteiger partial charge in [-0.2, -0.15) is 0 Å². The summed E-state index contributed by atoms with van der Waals surface area (Å²) in [7, 11) is 0. The van der Waals surface area contributed by atoms with Gasteiger partial charge in [0.15, 0.2) is 0 Å². The van der Waals surface area contributed by atoms with E-state index in [-0.39, 0.29) is 5.91 Å². The lowest BCUT2D eigenvalue weighted by Crippen LogP contribution is -2.30. The van der Waals surface area contributed by atoms with E-state index in [2.05, 4.69) is 6.92 Å². The van der Waals surface area contributed by atoms with Gasteiger partial charge >= 0.3 is 5.97 Å². The smallest absolute Gasteiger partial charge is 0.308 e. The summed E-state index contributed by atoms with van der Waals surface area (Å²) in [6.45, 7) is 3.67. The Kier molecular flexibility index (Phi) is 5.81. The average molecular weight is 305 g/mol. The normalized spacial score (nSPS) is 17.5. The molecule has 5 nitrogen and oxygen atoms in total. The maximum absolute atomic E-state index is 12.1. The Morgan fingerprint density at radius 2 is 2.05 bits per heavy atom. The summed E-state index contributed by atoms with van der Waals surface area (Å²) in [5, 5.41) is 8.96. The third-order valence-corrected chi connectivity index (χ3v) is 3.91. The minimum absolute atomic E-state index is 0.0371. The maximum Gasteiger partial charge on any atom is 0.308 e. The van der Waals surface area contributed by atoms with Crippen LogP contribution >= 0.6 is 0 Å². The fourth-order valence-electron chi connectivity index (χ4n) is 2.57. The Labute approximate surface area is 130 Å². The summed E-state index contributed by atoms with van der Waals surface area (Å²) < 4.78 is 5.52. The maximum atomic E-state index is 12.1. The van der Waals surface area contributed by atoms with Crippen molar-refractivity contribution >= 4 is 11.9 Å². The highest BCUT2D eigenvalue weighted by Crippen LogP contribution is 2.18. The average Bonchev–Trinajstić information content (AvgIpc) is 3.02. The van der Waals surface area contributed by atoms with Crippen LogP contribution in [0, 0.1) is 5.92 Å². The van der Waals surface area contributed by atoms with Crippen molar-refractivity contribution in [2.24, 2.45) is 5.92 Å². The molecule has 0 radical (unpaired) electrons. The number of nitrogens with zero attached hydrogens (tertiary/aromatic N) is 1. The van der Waals surface area contributed by atoms with Crippen molar-refractivity contribution in [2.45, 2.75) is 32.6 Å². The van der Waals surface area contributed by atoms with Crippen LogP contribution in [-0.4, -0.2) is 41.6 Å². The third kappa shape index (κ3) is 4.48. The summed E-state index contributed by atoms with van der Waals surface area (Å²) in [5.41, 5.74) is 1.09. The molecule has 0 aliphatic carbocycles. The molecular formula is C17H23NO4. The number of rotatable bonds is 7. The standard InChI is InChI=1S/C17H23NO4/c1-2-11-22-15-6-3-13(4-7-15)5-8-16(19)18-10-9-14(12-18)17(20)21/h3-4,6-7,14H,2,5,8-12H2,1H3,(H,20,21). The van der Waals surface area contributed by atoms with E-state index >= 15 is 0 Å². The van der Waals surface area contributed by atoms with Gasteiger partial charge in [0.25, 0.3) is 0 Å². The summed E-state index contributed by atoms with van der Waals surface area (Å²) >= 11 is 0. The lowest BCUT2D eigenvalue weighted by atomic mass is 10.1. The van der Waals surface area contributed by atoms with Crippen LogP contribution in [0.15, 0.2) is 24.3 Å². The zero-order valence-corrected chi connectivity index (χ0v) is 13.0. The predicted octanol–water partition coefficient (Wildman–Crippen LogP) is 2.34. The number of hydrogen-bond donors (Lipinski definition) is 1. The zero-order valence-electron chi connectivity index (χ0n) is 13.0. The van der Waals surface area contributed by atoms with Gasteiger partial charge in [-0.15, -0.1) is 0 Å². The largest absolute Gasteiger partial charge is 0.494 e. The number of carboxylic acid groups (broad SMARTS) is 1. The SMILES string of the molecule is CCCOc1ccc(CCC(=O)N2CCC(C(=O)O)C2)cc1. The monoisotopic (exact) mass is 305 g/mol. The molecule has 1 unspecified atom stereocenters. The van der Waals surface area contributed by atoms with Crippen LogP contribution < -0.4 is 4.74 Å². The number of aryl methyl sites for hydroxylation is 1. The van der Waals surface area contributed by atoms with Gasteiger partial charge in [-0.1, -0.05) is 19.1 Å². The van der Waals surface area contributed by atoms with Crippen molar-refractivity contribution in [1.29, 1.82) is 0 Å². The molecule has 1 aliphatic heterocycles. The Balaban J connectivity index is 1.78. The molecule has 1 N–H and O–H groups in total. The first-order valence-electron chi connectivity index (χ1n) is 7.82. The number of carbonyl (C=O) groups is 2. The Morgan fingerprint density at radius 1 is 1.32 bits per heavy atom. The fraction of sp³-hybridized carbons (Fsp3) is 0.529. The van der Waals surface area contributed by atoms with Crippen LogP contribution in [0.4, 0.5) is 0 Å². The molecule has 0 bridgehead atoms. The Hall–Kier alpha value is -2.04. The van der Waals surface area contributed by atoms with Gasteiger partial charge in [-0.25, -0.2) is 0 Å². The lowest BCUT2D eigenvalue weighted by Gasteiger charge is -2.15. The van der Waals surface area contributed by atoms with E-state index in [1.165, 1.54) is 0 Å². The number of amides is 1. The van der Waals surface area contributed by atoms with Crippen LogP contribution in [-0.2, 0) is 16.0 Å². The van der Waals surface area contributed by atoms with Crippen LogP contribution in [0.1, 0.15) is 31.7 Å². The quantitative estimate of drug-likeness (QED) is 0.839. The number of hydrogen-bond acceptors (Lipinski definition) is 3. The molecule has 1 aromatic carbocycles. The van der Waals surface area contributed by atoms with Gasteiger partial charge in [0, 0.05) is 19.5 Å². The van der Waals surface area contributed by atoms with Crippen LogP contribution in [0.2, 0.25) is 0 Å². The first-order chi connectivity index (χ1) is 10.6. The molecule has 1 atom stereocenters. The number of carbonyl (C=O) groups excluding carboxylic acids is 1. The third-order valence-electron chi connectivity index (χ3n) is 3.91. The van der Waals surface area contributed by atoms with Gasteiger partial charge in [-0.3, -0.25) is 9.59 Å². The molecule has 1 heterocycles. The number of benzene rings is 1. The molecule has 120 valence electrons. The first kappa shape index (κ1) is 16.3. The zero-order chi connectivity index (χ0) is 15.9. The van der Waals surface area contributed by atoms with Crippen LogP contribution in [0.5, 0.6) is 5.75 Å². The molecule has 0 aromatic heterocycles. The van der Waals surface area contributed by atoms with Crippen LogP contribution in [0.25, 0.3) is 0 Å². The second-order valence-electron chi connectivity index (χ2n) is 5.66. The Morgan fingerprint density at radius 3 is 2.64 bits per heavy atom. The van der Waals surface area contributed by atoms with Gasteiger partial charge in [0.05, 0.1) is 12.5 Å². The van der Waals surface area contributed by atoms with Gasteiger partial charge < -0.3 is 14.7 Å². The molecule has 0 spiro atoms. The molecule has 22 heavy (non-hydrogen) atoms. The molecular weight excluding hydrogens is 282 g/mol. The highest BCUT2D eigenvalue weighted by molar-refractivity contribution is 5.78. The second kappa shape index (κ2) is 7.82. The molecule has 1 fully saturated rings. The molecule has 1 saturated heterocycles. The molecule has 1 aromatic rings. The summed E-state index contributed by atoms with van der Waals surface area (Å²) in [6, 6.07) is 7.79. The number of carboxylic acids is 1. The first-order valence-corrected chi connectivity index (χ1v) is 7.82. The van der Waals surface area contributed by atoms with Crippen molar-refractivity contribution in [3.05, 3.63) is 29.8 Å². The summed E-state index contributed by atoms with van der Waals surface area (Å²) in [4.78, 5) is 24.7. The van der Waals surface area contributed by atoms with Crippen molar-refractivity contribution in [3.8, 4) is 5.75 Å². The van der Waals surface area contributed by atoms with Crippen molar-refractivity contribution in [3.63, 3.8) is 0 Å². The molecule has 2 rings (SSSR count). The highest BCUT2D eigenvalue weighted by atomic mass is 16.5. The van der Waals surface area contributed by atoms with Crippen LogP contribution in [0.3, 0.4) is 0 Å². The van der Waals surface area contributed by atoms with Gasteiger partial charge in [0.2, 0.25) is 5.91 Å². The lowest BCUT2D eigenvalue weighted by molar-refractivity contribution is -0.141. The topological polar surface area (TPSA) is 66.8 Å². The molecule has 1 amide bonds. The summed E-state index contributed by atoms with van der Waals surface area (Å²) in [6.07, 6.45) is 2.62. The molecule has 1 aliphatic rings. The van der Waals surface area contributed by atoms with E-state index in [4.69, 9.17) is 9.84 Å². The van der Waals surface area contributed by atoms with E-state index in [0.717, 1.165) is 17.7 Å². The van der Waals surface area contributed by atoms with E-state index < -0.39 is 11.9 Å². The van der Waals surface area contributed by atoms with Crippen molar-refractivity contribution in [1.82, 2.24) is 4.90 Å². The van der Waals surface area contributed by atoms with E-state index in [1.807, 2.05) is 24.3 Å². The molecule has 5 heteroatoms. The number of ether oxygens (including phenoxy) is 1. The highest BCUT2D eigenvalue weighted by Gasteiger charge is 2.30. The van der Waals surface area contributed by atoms with Gasteiger partial charge in [0.1, 0.15) is 5.75 Å². The van der Waals surface area contributed by atoms with Crippen molar-refractivity contribution in [2.75, 3.05) is 19.7 Å². The fourth-order valence-corrected chi connectivity index (χ4v) is 2.57. The summed E-state index contributed by atoms with van der Waals surface area (Å²) in [5.74, 6) is -0.326.